The first kappa shape index (κ1) is 14.2. The van der Waals surface area contributed by atoms with Crippen molar-refractivity contribution in [2.24, 2.45) is 0 Å². The van der Waals surface area contributed by atoms with Gasteiger partial charge in [0.25, 0.3) is 0 Å². The highest BCUT2D eigenvalue weighted by Crippen LogP contribution is 2.17. The topological polar surface area (TPSA) is 21.3 Å². The molecule has 1 aromatic rings. The van der Waals surface area contributed by atoms with Crippen LogP contribution in [-0.4, -0.2) is 26.3 Å². The van der Waals surface area contributed by atoms with Crippen LogP contribution in [0.4, 0.5) is 0 Å². The van der Waals surface area contributed by atoms with Crippen LogP contribution in [0.5, 0.6) is 0 Å². The summed E-state index contributed by atoms with van der Waals surface area (Å²) in [7, 11) is 0. The monoisotopic (exact) mass is 235 g/mol. The van der Waals surface area contributed by atoms with Crippen molar-refractivity contribution in [2.75, 3.05) is 26.3 Å². The number of nitrogens with one attached hydrogen (secondary N) is 1. The molecule has 0 aliphatic heterocycles. The lowest BCUT2D eigenvalue weighted by atomic mass is 9.98. The largest absolute Gasteiger partial charge is 0.380 e. The van der Waals surface area contributed by atoms with Gasteiger partial charge in [0.15, 0.2) is 0 Å². The highest BCUT2D eigenvalue weighted by molar-refractivity contribution is 5.18. The van der Waals surface area contributed by atoms with Crippen molar-refractivity contribution < 1.29 is 4.74 Å². The van der Waals surface area contributed by atoms with Gasteiger partial charge >= 0.3 is 0 Å². The molecule has 2 heteroatoms. The number of hydrogen-bond donors (Lipinski definition) is 1. The highest BCUT2D eigenvalue weighted by atomic mass is 16.5. The summed E-state index contributed by atoms with van der Waals surface area (Å²) in [5.74, 6) is 0.625. The van der Waals surface area contributed by atoms with Crippen LogP contribution in [0.1, 0.15) is 38.2 Å². The van der Waals surface area contributed by atoms with E-state index in [0.717, 1.165) is 32.7 Å². The Bertz CT molecular complexity index is 274. The summed E-state index contributed by atoms with van der Waals surface area (Å²) in [6.45, 7) is 8.14. The van der Waals surface area contributed by atoms with Gasteiger partial charge in [-0.25, -0.2) is 0 Å². The average molecular weight is 235 g/mol. The maximum Gasteiger partial charge on any atom is 0.0590 e. The van der Waals surface area contributed by atoms with Gasteiger partial charge in [-0.2, -0.15) is 0 Å². The quantitative estimate of drug-likeness (QED) is 0.664. The van der Waals surface area contributed by atoms with Crippen LogP contribution in [0.15, 0.2) is 30.3 Å². The van der Waals surface area contributed by atoms with Crippen LogP contribution in [0.2, 0.25) is 0 Å². The van der Waals surface area contributed by atoms with E-state index in [0.29, 0.717) is 5.92 Å². The molecule has 1 unspecified atom stereocenters. The zero-order valence-corrected chi connectivity index (χ0v) is 11.1. The third-order valence-corrected chi connectivity index (χ3v) is 2.89. The molecule has 17 heavy (non-hydrogen) atoms. The first-order valence-corrected chi connectivity index (χ1v) is 6.68. The second-order valence-corrected chi connectivity index (χ2v) is 4.46. The molecular weight excluding hydrogens is 210 g/mol. The number of hydrogen-bond acceptors (Lipinski definition) is 2. The third kappa shape index (κ3) is 6.44. The van der Waals surface area contributed by atoms with Gasteiger partial charge in [-0.1, -0.05) is 44.2 Å². The van der Waals surface area contributed by atoms with Crippen LogP contribution < -0.4 is 5.32 Å². The van der Waals surface area contributed by atoms with Gasteiger partial charge in [0.2, 0.25) is 0 Å². The van der Waals surface area contributed by atoms with E-state index < -0.39 is 0 Å². The summed E-state index contributed by atoms with van der Waals surface area (Å²) in [4.78, 5) is 0. The fraction of sp³-hybridized carbons (Fsp3) is 0.600. The molecule has 1 atom stereocenters. The van der Waals surface area contributed by atoms with Crippen LogP contribution in [0, 0.1) is 0 Å². The molecule has 1 aromatic carbocycles. The van der Waals surface area contributed by atoms with Crippen molar-refractivity contribution in [1.82, 2.24) is 5.32 Å². The lowest BCUT2D eigenvalue weighted by Crippen LogP contribution is -2.22. The van der Waals surface area contributed by atoms with Crippen molar-refractivity contribution in [1.29, 1.82) is 0 Å². The fourth-order valence-electron chi connectivity index (χ4n) is 1.78. The predicted octanol–water partition coefficient (Wildman–Crippen LogP) is 3.20. The first-order chi connectivity index (χ1) is 8.34. The van der Waals surface area contributed by atoms with Gasteiger partial charge in [-0.05, 0) is 30.9 Å². The molecule has 1 rings (SSSR count). The van der Waals surface area contributed by atoms with E-state index >= 15 is 0 Å². The normalized spacial score (nSPS) is 12.6. The Kier molecular flexibility index (Phi) is 7.69. The van der Waals surface area contributed by atoms with E-state index in [1.807, 2.05) is 0 Å². The molecule has 0 bridgehead atoms. The number of rotatable bonds is 9. The summed E-state index contributed by atoms with van der Waals surface area (Å²) in [5.41, 5.74) is 1.43. The first-order valence-electron chi connectivity index (χ1n) is 6.68. The minimum absolute atomic E-state index is 0.625. The Morgan fingerprint density at radius 3 is 2.59 bits per heavy atom. The molecule has 0 aromatic heterocycles. The van der Waals surface area contributed by atoms with Crippen molar-refractivity contribution in [3.8, 4) is 0 Å². The Balaban J connectivity index is 2.03. The summed E-state index contributed by atoms with van der Waals surface area (Å²) in [6, 6.07) is 10.7. The Morgan fingerprint density at radius 1 is 1.12 bits per heavy atom. The molecule has 0 saturated carbocycles. The third-order valence-electron chi connectivity index (χ3n) is 2.89. The van der Waals surface area contributed by atoms with E-state index in [1.165, 1.54) is 12.0 Å². The zero-order valence-electron chi connectivity index (χ0n) is 11.1. The minimum atomic E-state index is 0.625. The molecule has 2 nitrogen and oxygen atoms in total. The second-order valence-electron chi connectivity index (χ2n) is 4.46. The maximum atomic E-state index is 5.41. The summed E-state index contributed by atoms with van der Waals surface area (Å²) in [5, 5.41) is 3.42. The smallest absolute Gasteiger partial charge is 0.0590 e. The van der Waals surface area contributed by atoms with E-state index in [1.54, 1.807) is 0 Å². The van der Waals surface area contributed by atoms with Gasteiger partial charge in [-0.3, -0.25) is 0 Å². The van der Waals surface area contributed by atoms with E-state index in [2.05, 4.69) is 49.5 Å². The van der Waals surface area contributed by atoms with Gasteiger partial charge in [0, 0.05) is 13.2 Å². The predicted molar refractivity (Wildman–Crippen MR) is 73.5 cm³/mol. The maximum absolute atomic E-state index is 5.41. The SMILES string of the molecule is CCCOCCNCCC(C)c1ccccc1. The Labute approximate surface area is 105 Å². The van der Waals surface area contributed by atoms with Crippen molar-refractivity contribution in [3.05, 3.63) is 35.9 Å². The van der Waals surface area contributed by atoms with Gasteiger partial charge in [0.05, 0.1) is 6.61 Å². The number of benzene rings is 1. The average Bonchev–Trinajstić information content (AvgIpc) is 2.38. The van der Waals surface area contributed by atoms with Crippen molar-refractivity contribution >= 4 is 0 Å². The molecule has 96 valence electrons. The lowest BCUT2D eigenvalue weighted by Gasteiger charge is -2.12. The summed E-state index contributed by atoms with van der Waals surface area (Å²) >= 11 is 0. The van der Waals surface area contributed by atoms with Gasteiger partial charge < -0.3 is 10.1 Å². The Morgan fingerprint density at radius 2 is 1.88 bits per heavy atom. The molecule has 0 fully saturated rings. The zero-order chi connectivity index (χ0) is 12.3. The molecule has 0 amide bonds. The lowest BCUT2D eigenvalue weighted by molar-refractivity contribution is 0.136. The molecule has 0 spiro atoms. The minimum Gasteiger partial charge on any atom is -0.380 e. The van der Waals surface area contributed by atoms with Gasteiger partial charge in [-0.15, -0.1) is 0 Å². The molecule has 0 aliphatic rings. The molecule has 0 aliphatic carbocycles. The van der Waals surface area contributed by atoms with Crippen molar-refractivity contribution in [2.45, 2.75) is 32.6 Å². The second kappa shape index (κ2) is 9.20. The van der Waals surface area contributed by atoms with Crippen LogP contribution in [0.25, 0.3) is 0 Å². The van der Waals surface area contributed by atoms with E-state index in [4.69, 9.17) is 4.74 Å². The molecular formula is C15H25NO. The fourth-order valence-corrected chi connectivity index (χ4v) is 1.78. The standard InChI is InChI=1S/C15H25NO/c1-3-12-17-13-11-16-10-9-14(2)15-7-5-4-6-8-15/h4-8,14,16H,3,9-13H2,1-2H3. The van der Waals surface area contributed by atoms with Crippen LogP contribution in [-0.2, 0) is 4.74 Å². The molecule has 0 saturated heterocycles. The molecule has 1 N–H and O–H groups in total. The molecule has 0 heterocycles. The van der Waals surface area contributed by atoms with Crippen LogP contribution >= 0.6 is 0 Å². The summed E-state index contributed by atoms with van der Waals surface area (Å²) < 4.78 is 5.41. The van der Waals surface area contributed by atoms with E-state index in [-0.39, 0.29) is 0 Å². The van der Waals surface area contributed by atoms with Crippen LogP contribution in [0.3, 0.4) is 0 Å². The molecule has 0 radical (unpaired) electrons. The van der Waals surface area contributed by atoms with E-state index in [9.17, 15) is 0 Å². The number of ether oxygens (including phenoxy) is 1. The van der Waals surface area contributed by atoms with Gasteiger partial charge in [0.1, 0.15) is 0 Å². The highest BCUT2D eigenvalue weighted by Gasteiger charge is 2.03. The van der Waals surface area contributed by atoms with Crippen molar-refractivity contribution in [3.63, 3.8) is 0 Å². The Hall–Kier alpha value is -0.860. The summed E-state index contributed by atoms with van der Waals surface area (Å²) in [6.07, 6.45) is 2.28.